The van der Waals surface area contributed by atoms with Gasteiger partial charge in [-0.3, -0.25) is 9.59 Å². The van der Waals surface area contributed by atoms with Gasteiger partial charge in [0.05, 0.1) is 30.5 Å². The molecule has 2 heterocycles. The lowest BCUT2D eigenvalue weighted by molar-refractivity contribution is -0.125. The van der Waals surface area contributed by atoms with Crippen molar-refractivity contribution < 1.29 is 33.3 Å². The first-order valence-corrected chi connectivity index (χ1v) is 12.3. The maximum absolute atomic E-state index is 15.0. The molecule has 0 spiro atoms. The number of aromatic carboxylic acids is 1. The second kappa shape index (κ2) is 10.4. The summed E-state index contributed by atoms with van der Waals surface area (Å²) in [6, 6.07) is 5.34. The molecule has 2 N–H and O–H groups in total. The molecule has 1 fully saturated rings. The summed E-state index contributed by atoms with van der Waals surface area (Å²) in [6.45, 7) is 5.35. The Kier molecular flexibility index (Phi) is 7.60. The lowest BCUT2D eigenvalue weighted by Gasteiger charge is -2.32. The molecule has 2 aromatic carbocycles. The fourth-order valence-corrected chi connectivity index (χ4v) is 4.88. The number of aliphatic hydroxyl groups is 1. The number of carbonyl (C=O) groups is 2. The average molecular weight is 549 g/mol. The third-order valence-corrected chi connectivity index (χ3v) is 7.04. The average Bonchev–Trinajstić information content (AvgIpc) is 2.85. The molecule has 38 heavy (non-hydrogen) atoms. The highest BCUT2D eigenvalue weighted by Gasteiger charge is 2.29. The summed E-state index contributed by atoms with van der Waals surface area (Å²) >= 11 is 5.95. The molecule has 202 valence electrons. The largest absolute Gasteiger partial charge is 0.477 e. The van der Waals surface area contributed by atoms with Crippen molar-refractivity contribution >= 4 is 40.1 Å². The topological polar surface area (TPSA) is 109 Å². The van der Waals surface area contributed by atoms with E-state index in [0.29, 0.717) is 11.1 Å². The number of pyridine rings is 1. The number of aromatic nitrogens is 1. The first-order chi connectivity index (χ1) is 17.8. The van der Waals surface area contributed by atoms with Crippen LogP contribution < -0.4 is 10.3 Å². The Morgan fingerprint density at radius 3 is 2.50 bits per heavy atom. The Morgan fingerprint density at radius 2 is 1.89 bits per heavy atom. The van der Waals surface area contributed by atoms with Crippen LogP contribution in [0.5, 0.6) is 0 Å². The smallest absolute Gasteiger partial charge is 0.341 e. The van der Waals surface area contributed by atoms with Gasteiger partial charge in [0, 0.05) is 24.5 Å². The second-order valence-corrected chi connectivity index (χ2v) is 10.6. The molecule has 0 bridgehead atoms. The molecule has 3 aromatic rings. The van der Waals surface area contributed by atoms with Gasteiger partial charge in [-0.15, -0.1) is 0 Å². The number of carboxylic acids is 1. The first kappa shape index (κ1) is 27.7. The van der Waals surface area contributed by atoms with Gasteiger partial charge in [0.25, 0.3) is 5.91 Å². The van der Waals surface area contributed by atoms with Crippen LogP contribution in [0, 0.1) is 17.0 Å². The molecule has 1 aromatic heterocycles. The van der Waals surface area contributed by atoms with Gasteiger partial charge >= 0.3 is 5.97 Å². The molecule has 1 aliphatic rings. The predicted molar refractivity (Wildman–Crippen MR) is 138 cm³/mol. The standard InChI is InChI=1S/C27H27ClF2N2O6/c1-27(2,3)20(12-33)32-11-17(26(36)37)25(35)16-9-14(4-5-18(16)32)8-15-10-19(24(30)22(28)23(15)29)31-6-7-38-13-21(31)34/h4-5,9-11,20,33H,6-8,12-13H2,1-3H3,(H,36,37)/t20-/m1/s1. The second-order valence-electron chi connectivity index (χ2n) is 10.3. The highest BCUT2D eigenvalue weighted by atomic mass is 35.5. The fraction of sp³-hybridized carbons (Fsp3) is 0.370. The molecule has 8 nitrogen and oxygen atoms in total. The van der Waals surface area contributed by atoms with E-state index < -0.39 is 51.0 Å². The molecule has 0 saturated carbocycles. The number of ether oxygens (including phenoxy) is 1. The Morgan fingerprint density at radius 1 is 1.18 bits per heavy atom. The van der Waals surface area contributed by atoms with Crippen LogP contribution >= 0.6 is 11.6 Å². The minimum atomic E-state index is -1.42. The SMILES string of the molecule is CC(C)(C)[C@@H](CO)n1cc(C(=O)O)c(=O)c2cc(Cc3cc(N4CCOCC4=O)c(F)c(Cl)c3F)ccc21. The highest BCUT2D eigenvalue weighted by molar-refractivity contribution is 6.31. The van der Waals surface area contributed by atoms with Crippen molar-refractivity contribution in [2.24, 2.45) is 5.41 Å². The molecule has 1 saturated heterocycles. The van der Waals surface area contributed by atoms with Crippen molar-refractivity contribution in [3.8, 4) is 0 Å². The number of nitrogens with zero attached hydrogens (tertiary/aromatic N) is 2. The number of carbonyl (C=O) groups excluding carboxylic acids is 1. The summed E-state index contributed by atoms with van der Waals surface area (Å²) in [5.74, 6) is -3.97. The van der Waals surface area contributed by atoms with Gasteiger partial charge in [0.2, 0.25) is 5.43 Å². The number of amides is 1. The zero-order valence-corrected chi connectivity index (χ0v) is 21.8. The highest BCUT2D eigenvalue weighted by Crippen LogP contribution is 2.35. The summed E-state index contributed by atoms with van der Waals surface area (Å²) in [6.07, 6.45) is 1.11. The van der Waals surface area contributed by atoms with Crippen LogP contribution in [0.4, 0.5) is 14.5 Å². The molecule has 1 amide bonds. The Labute approximate surface area is 222 Å². The lowest BCUT2D eigenvalue weighted by atomic mass is 9.86. The van der Waals surface area contributed by atoms with Crippen molar-refractivity contribution in [3.05, 3.63) is 74.0 Å². The molecule has 1 atom stereocenters. The maximum Gasteiger partial charge on any atom is 0.341 e. The number of benzene rings is 2. The van der Waals surface area contributed by atoms with Crippen LogP contribution in [0.2, 0.25) is 5.02 Å². The number of hydrogen-bond acceptors (Lipinski definition) is 5. The summed E-state index contributed by atoms with van der Waals surface area (Å²) in [5.41, 5.74) is -1.03. The number of morpholine rings is 1. The van der Waals surface area contributed by atoms with Crippen molar-refractivity contribution in [2.75, 3.05) is 31.3 Å². The van der Waals surface area contributed by atoms with Gasteiger partial charge in [-0.2, -0.15) is 0 Å². The molecule has 0 aliphatic carbocycles. The summed E-state index contributed by atoms with van der Waals surface area (Å²) < 4.78 is 36.5. The van der Waals surface area contributed by atoms with E-state index in [9.17, 15) is 29.0 Å². The van der Waals surface area contributed by atoms with E-state index >= 15 is 4.39 Å². The van der Waals surface area contributed by atoms with Gasteiger partial charge in [-0.25, -0.2) is 13.6 Å². The van der Waals surface area contributed by atoms with Crippen LogP contribution in [0.1, 0.15) is 48.3 Å². The Bertz CT molecular complexity index is 1500. The van der Waals surface area contributed by atoms with Crippen LogP contribution in [-0.2, 0) is 16.0 Å². The lowest BCUT2D eigenvalue weighted by Crippen LogP contribution is -2.42. The van der Waals surface area contributed by atoms with E-state index in [2.05, 4.69) is 0 Å². The van der Waals surface area contributed by atoms with Crippen LogP contribution in [0.25, 0.3) is 10.9 Å². The maximum atomic E-state index is 15.0. The summed E-state index contributed by atoms with van der Waals surface area (Å²) in [7, 11) is 0. The normalized spacial score (nSPS) is 15.2. The van der Waals surface area contributed by atoms with E-state index in [4.69, 9.17) is 16.3 Å². The predicted octanol–water partition coefficient (Wildman–Crippen LogP) is 4.16. The molecule has 1 aliphatic heterocycles. The number of rotatable bonds is 6. The van der Waals surface area contributed by atoms with Crippen molar-refractivity contribution in [3.63, 3.8) is 0 Å². The number of fused-ring (bicyclic) bond motifs is 1. The van der Waals surface area contributed by atoms with E-state index in [1.54, 1.807) is 16.7 Å². The van der Waals surface area contributed by atoms with Crippen LogP contribution in [0.15, 0.2) is 35.3 Å². The van der Waals surface area contributed by atoms with Crippen LogP contribution in [-0.4, -0.2) is 53.0 Å². The van der Waals surface area contributed by atoms with E-state index in [0.717, 1.165) is 4.90 Å². The number of halogens is 3. The van der Waals surface area contributed by atoms with Gasteiger partial charge in [-0.05, 0) is 34.7 Å². The van der Waals surface area contributed by atoms with Crippen molar-refractivity contribution in [1.82, 2.24) is 4.57 Å². The molecule has 4 rings (SSSR count). The third-order valence-electron chi connectivity index (χ3n) is 6.71. The summed E-state index contributed by atoms with van der Waals surface area (Å²) in [4.78, 5) is 38.4. The number of aliphatic hydroxyl groups excluding tert-OH is 1. The number of carboxylic acid groups (broad SMARTS) is 1. The quantitative estimate of drug-likeness (QED) is 0.448. The molecule has 11 heteroatoms. The fourth-order valence-electron chi connectivity index (χ4n) is 4.66. The number of hydrogen-bond donors (Lipinski definition) is 2. The van der Waals surface area contributed by atoms with E-state index in [1.165, 1.54) is 18.3 Å². The minimum Gasteiger partial charge on any atom is -0.477 e. The Hall–Kier alpha value is -3.34. The minimum absolute atomic E-state index is 0.0114. The molecular weight excluding hydrogens is 522 g/mol. The van der Waals surface area contributed by atoms with Crippen molar-refractivity contribution in [1.29, 1.82) is 0 Å². The third kappa shape index (κ3) is 5.03. The first-order valence-electron chi connectivity index (χ1n) is 11.9. The molecule has 0 radical (unpaired) electrons. The van der Waals surface area contributed by atoms with Gasteiger partial charge in [0.1, 0.15) is 23.0 Å². The zero-order valence-electron chi connectivity index (χ0n) is 21.1. The Balaban J connectivity index is 1.85. The monoisotopic (exact) mass is 548 g/mol. The van der Waals surface area contributed by atoms with Gasteiger partial charge < -0.3 is 24.4 Å². The molecule has 0 unspecified atom stereocenters. The van der Waals surface area contributed by atoms with E-state index in [1.807, 2.05) is 20.8 Å². The van der Waals surface area contributed by atoms with Crippen molar-refractivity contribution in [2.45, 2.75) is 33.2 Å². The zero-order chi connectivity index (χ0) is 27.9. The van der Waals surface area contributed by atoms with Crippen LogP contribution in [0.3, 0.4) is 0 Å². The van der Waals surface area contributed by atoms with Gasteiger partial charge in [-0.1, -0.05) is 38.4 Å². The summed E-state index contributed by atoms with van der Waals surface area (Å²) in [5, 5.41) is 19.1. The van der Waals surface area contributed by atoms with Gasteiger partial charge in [0.15, 0.2) is 5.82 Å². The molecular formula is C27H27ClF2N2O6. The van der Waals surface area contributed by atoms with E-state index in [-0.39, 0.29) is 49.4 Å². The number of anilines is 1.